The van der Waals surface area contributed by atoms with Gasteiger partial charge in [0.2, 0.25) is 11.3 Å². The summed E-state index contributed by atoms with van der Waals surface area (Å²) in [7, 11) is 0. The number of esters is 1. The highest BCUT2D eigenvalue weighted by Gasteiger charge is 2.60. The number of nitrogens with one attached hydrogen (secondary N) is 1. The average molecular weight is 270 g/mol. The minimum atomic E-state index is -2.15. The van der Waals surface area contributed by atoms with Gasteiger partial charge in [0.1, 0.15) is 5.60 Å². The van der Waals surface area contributed by atoms with Crippen LogP contribution >= 0.6 is 0 Å². The number of nitrogens with two attached hydrogens (primary N) is 1. The Morgan fingerprint density at radius 3 is 2.21 bits per heavy atom. The van der Waals surface area contributed by atoms with Gasteiger partial charge in [-0.15, -0.1) is 0 Å². The number of carbonyl (C=O) groups excluding carboxylic acids is 4. The van der Waals surface area contributed by atoms with E-state index in [9.17, 15) is 19.2 Å². The number of Topliss-reactive ketones (excluding diaryl/α,β-unsaturated/α-hetero) is 1. The van der Waals surface area contributed by atoms with E-state index >= 15 is 0 Å². The SMILES string of the molecule is CC(N)C(=O)C1(C(=O)OC(C)(C)C)CC(=O)NC1=O. The van der Waals surface area contributed by atoms with E-state index in [1.54, 1.807) is 20.8 Å². The lowest BCUT2D eigenvalue weighted by molar-refractivity contribution is -0.172. The van der Waals surface area contributed by atoms with Gasteiger partial charge in [0.05, 0.1) is 12.5 Å². The van der Waals surface area contributed by atoms with Crippen LogP contribution in [0.2, 0.25) is 0 Å². The Labute approximate surface area is 110 Å². The van der Waals surface area contributed by atoms with Crippen molar-refractivity contribution >= 4 is 23.6 Å². The third kappa shape index (κ3) is 2.81. The zero-order valence-electron chi connectivity index (χ0n) is 11.4. The molecule has 7 nitrogen and oxygen atoms in total. The molecule has 0 aromatic carbocycles. The van der Waals surface area contributed by atoms with Crippen molar-refractivity contribution in [1.29, 1.82) is 0 Å². The summed E-state index contributed by atoms with van der Waals surface area (Å²) >= 11 is 0. The molecule has 7 heteroatoms. The fourth-order valence-electron chi connectivity index (χ4n) is 1.82. The van der Waals surface area contributed by atoms with Crippen LogP contribution in [0.25, 0.3) is 0 Å². The normalized spacial score (nSPS) is 24.9. The van der Waals surface area contributed by atoms with Gasteiger partial charge in [-0.05, 0) is 27.7 Å². The topological polar surface area (TPSA) is 116 Å². The van der Waals surface area contributed by atoms with Crippen LogP contribution in [0.1, 0.15) is 34.1 Å². The van der Waals surface area contributed by atoms with E-state index in [-0.39, 0.29) is 0 Å². The van der Waals surface area contributed by atoms with E-state index in [1.807, 2.05) is 5.32 Å². The quantitative estimate of drug-likeness (QED) is 0.397. The summed E-state index contributed by atoms with van der Waals surface area (Å²) in [6.45, 7) is 6.15. The molecule has 1 fully saturated rings. The van der Waals surface area contributed by atoms with Crippen LogP contribution in [0.4, 0.5) is 0 Å². The van der Waals surface area contributed by atoms with Gasteiger partial charge in [0.25, 0.3) is 5.91 Å². The minimum Gasteiger partial charge on any atom is -0.459 e. The number of carbonyl (C=O) groups is 4. The molecular formula is C12H18N2O5. The summed E-state index contributed by atoms with van der Waals surface area (Å²) < 4.78 is 5.09. The van der Waals surface area contributed by atoms with Crippen LogP contribution in [0.3, 0.4) is 0 Å². The van der Waals surface area contributed by atoms with E-state index in [0.717, 1.165) is 0 Å². The number of rotatable bonds is 3. The Hall–Kier alpha value is -1.76. The van der Waals surface area contributed by atoms with Crippen LogP contribution in [-0.4, -0.2) is 35.2 Å². The van der Waals surface area contributed by atoms with Crippen LogP contribution in [0, 0.1) is 5.41 Å². The first-order chi connectivity index (χ1) is 8.50. The first-order valence-electron chi connectivity index (χ1n) is 5.88. The van der Waals surface area contributed by atoms with Crippen molar-refractivity contribution in [2.75, 3.05) is 0 Å². The largest absolute Gasteiger partial charge is 0.459 e. The molecule has 1 aliphatic rings. The average Bonchev–Trinajstić information content (AvgIpc) is 2.50. The molecule has 2 unspecified atom stereocenters. The molecule has 1 heterocycles. The van der Waals surface area contributed by atoms with Gasteiger partial charge >= 0.3 is 5.97 Å². The number of amides is 2. The Kier molecular flexibility index (Phi) is 3.81. The molecule has 0 aromatic heterocycles. The van der Waals surface area contributed by atoms with Crippen LogP contribution in [-0.2, 0) is 23.9 Å². The number of ether oxygens (including phenoxy) is 1. The van der Waals surface area contributed by atoms with Gasteiger partial charge in [-0.1, -0.05) is 0 Å². The van der Waals surface area contributed by atoms with Gasteiger partial charge in [0.15, 0.2) is 5.78 Å². The zero-order valence-corrected chi connectivity index (χ0v) is 11.4. The van der Waals surface area contributed by atoms with Crippen molar-refractivity contribution in [3.63, 3.8) is 0 Å². The first kappa shape index (κ1) is 15.3. The molecule has 0 radical (unpaired) electrons. The maximum atomic E-state index is 12.2. The fraction of sp³-hybridized carbons (Fsp3) is 0.667. The third-order valence-corrected chi connectivity index (χ3v) is 2.65. The molecule has 0 spiro atoms. The molecule has 0 aliphatic carbocycles. The second kappa shape index (κ2) is 4.73. The molecule has 0 saturated carbocycles. The highest BCUT2D eigenvalue weighted by Crippen LogP contribution is 2.33. The monoisotopic (exact) mass is 270 g/mol. The summed E-state index contributed by atoms with van der Waals surface area (Å²) in [5.74, 6) is -3.50. The molecular weight excluding hydrogens is 252 g/mol. The predicted molar refractivity (Wildman–Crippen MR) is 64.7 cm³/mol. The van der Waals surface area contributed by atoms with E-state index in [1.165, 1.54) is 6.92 Å². The second-order valence-electron chi connectivity index (χ2n) is 5.61. The first-order valence-corrected chi connectivity index (χ1v) is 5.88. The van der Waals surface area contributed by atoms with Gasteiger partial charge < -0.3 is 10.5 Å². The lowest BCUT2D eigenvalue weighted by Gasteiger charge is -2.28. The molecule has 3 N–H and O–H groups in total. The Morgan fingerprint density at radius 1 is 1.37 bits per heavy atom. The Balaban J connectivity index is 3.22. The van der Waals surface area contributed by atoms with Crippen molar-refractivity contribution < 1.29 is 23.9 Å². The molecule has 0 aromatic rings. The second-order valence-corrected chi connectivity index (χ2v) is 5.61. The maximum absolute atomic E-state index is 12.2. The molecule has 2 amide bonds. The van der Waals surface area contributed by atoms with Crippen LogP contribution < -0.4 is 11.1 Å². The molecule has 1 saturated heterocycles. The van der Waals surface area contributed by atoms with E-state index in [0.29, 0.717) is 0 Å². The number of ketones is 1. The van der Waals surface area contributed by atoms with Crippen molar-refractivity contribution in [3.8, 4) is 0 Å². The number of imide groups is 1. The van der Waals surface area contributed by atoms with Gasteiger partial charge in [-0.25, -0.2) is 0 Å². The maximum Gasteiger partial charge on any atom is 0.330 e. The molecule has 1 aliphatic heterocycles. The van der Waals surface area contributed by atoms with Crippen molar-refractivity contribution in [1.82, 2.24) is 5.32 Å². The van der Waals surface area contributed by atoms with Crippen molar-refractivity contribution in [2.45, 2.75) is 45.8 Å². The van der Waals surface area contributed by atoms with Gasteiger partial charge in [0, 0.05) is 0 Å². The van der Waals surface area contributed by atoms with Crippen LogP contribution in [0.15, 0.2) is 0 Å². The fourth-order valence-corrected chi connectivity index (χ4v) is 1.82. The van der Waals surface area contributed by atoms with E-state index in [2.05, 4.69) is 0 Å². The summed E-state index contributed by atoms with van der Waals surface area (Å²) in [5, 5.41) is 1.96. The summed E-state index contributed by atoms with van der Waals surface area (Å²) in [5.41, 5.74) is 2.43. The van der Waals surface area contributed by atoms with E-state index in [4.69, 9.17) is 10.5 Å². The zero-order chi connectivity index (χ0) is 15.0. The van der Waals surface area contributed by atoms with Gasteiger partial charge in [-0.2, -0.15) is 0 Å². The highest BCUT2D eigenvalue weighted by molar-refractivity contribution is 6.30. The molecule has 19 heavy (non-hydrogen) atoms. The van der Waals surface area contributed by atoms with Crippen molar-refractivity contribution in [3.05, 3.63) is 0 Å². The lowest BCUT2D eigenvalue weighted by Crippen LogP contribution is -2.53. The summed E-state index contributed by atoms with van der Waals surface area (Å²) in [6.07, 6.45) is -0.554. The Morgan fingerprint density at radius 2 is 1.89 bits per heavy atom. The summed E-state index contributed by atoms with van der Waals surface area (Å²) in [4.78, 5) is 47.5. The third-order valence-electron chi connectivity index (χ3n) is 2.65. The van der Waals surface area contributed by atoms with Crippen molar-refractivity contribution in [2.24, 2.45) is 11.1 Å². The molecule has 1 rings (SSSR count). The smallest absolute Gasteiger partial charge is 0.330 e. The van der Waals surface area contributed by atoms with Crippen LogP contribution in [0.5, 0.6) is 0 Å². The van der Waals surface area contributed by atoms with Gasteiger partial charge in [-0.3, -0.25) is 24.5 Å². The molecule has 2 atom stereocenters. The predicted octanol–water partition coefficient (Wildman–Crippen LogP) is -0.723. The lowest BCUT2D eigenvalue weighted by atomic mass is 9.79. The standard InChI is InChI=1S/C12H18N2O5/c1-6(13)8(16)12(5-7(15)14-9(12)17)10(18)19-11(2,3)4/h6H,5,13H2,1-4H3,(H,14,15,17). The minimum absolute atomic E-state index is 0.554. The van der Waals surface area contributed by atoms with E-state index < -0.39 is 47.0 Å². The highest BCUT2D eigenvalue weighted by atomic mass is 16.6. The Bertz CT molecular complexity index is 450. The number of hydrogen-bond donors (Lipinski definition) is 2. The molecule has 0 bridgehead atoms. The molecule has 106 valence electrons. The summed E-state index contributed by atoms with van der Waals surface area (Å²) in [6, 6.07) is -1.05. The number of hydrogen-bond acceptors (Lipinski definition) is 6.